The minimum atomic E-state index is 0.0888. The lowest BCUT2D eigenvalue weighted by molar-refractivity contribution is 1.07. The molecule has 0 spiro atoms. The third-order valence-corrected chi connectivity index (χ3v) is 1.82. The second-order valence-corrected chi connectivity index (χ2v) is 2.68. The topological polar surface area (TPSA) is 73.6 Å². The highest BCUT2D eigenvalue weighted by atomic mass is 14.5. The average Bonchev–Trinajstić information content (AvgIpc) is 2.26. The van der Waals surface area contributed by atoms with E-state index in [4.69, 9.17) is 16.3 Å². The third-order valence-electron chi connectivity index (χ3n) is 1.82. The van der Waals surface area contributed by atoms with Gasteiger partial charge in [0.2, 0.25) is 0 Å². The summed E-state index contributed by atoms with van der Waals surface area (Å²) in [6, 6.07) is 11.0. The Morgan fingerprint density at radius 2 is 1.93 bits per heavy atom. The molecule has 0 bridgehead atoms. The summed E-state index contributed by atoms with van der Waals surface area (Å²) in [6.07, 6.45) is 1.54. The Kier molecular flexibility index (Phi) is 3.43. The summed E-state index contributed by atoms with van der Waals surface area (Å²) >= 11 is 0. The number of nitrogens with zero attached hydrogens (tertiary/aromatic N) is 2. The molecule has 0 amide bonds. The molecule has 0 radical (unpaired) electrons. The first-order chi connectivity index (χ1) is 6.81. The van der Waals surface area contributed by atoms with Gasteiger partial charge in [-0.15, -0.1) is 0 Å². The van der Waals surface area contributed by atoms with Crippen LogP contribution in [0.4, 0.5) is 0 Å². The van der Waals surface area contributed by atoms with Gasteiger partial charge in [0.25, 0.3) is 0 Å². The van der Waals surface area contributed by atoms with Gasteiger partial charge in [-0.25, -0.2) is 0 Å². The van der Waals surface area contributed by atoms with Crippen LogP contribution in [0.1, 0.15) is 11.1 Å². The molecule has 2 N–H and O–H groups in total. The zero-order valence-electron chi connectivity index (χ0n) is 7.57. The molecule has 14 heavy (non-hydrogen) atoms. The summed E-state index contributed by atoms with van der Waals surface area (Å²) in [7, 11) is 0. The number of benzene rings is 1. The SMILES string of the molecule is N#CC(C#N)=Cc1ccccc1CN. The van der Waals surface area contributed by atoms with E-state index in [1.165, 1.54) is 0 Å². The van der Waals surface area contributed by atoms with Crippen molar-refractivity contribution in [3.63, 3.8) is 0 Å². The summed E-state index contributed by atoms with van der Waals surface area (Å²) in [5.74, 6) is 0. The molecule has 0 unspecified atom stereocenters. The van der Waals surface area contributed by atoms with E-state index in [0.717, 1.165) is 11.1 Å². The van der Waals surface area contributed by atoms with Crippen LogP contribution in [0.15, 0.2) is 29.8 Å². The normalized spacial score (nSPS) is 8.50. The fourth-order valence-electron chi connectivity index (χ4n) is 1.11. The van der Waals surface area contributed by atoms with Crippen molar-refractivity contribution in [2.75, 3.05) is 0 Å². The monoisotopic (exact) mass is 183 g/mol. The Morgan fingerprint density at radius 1 is 1.29 bits per heavy atom. The van der Waals surface area contributed by atoms with Gasteiger partial charge < -0.3 is 5.73 Å². The van der Waals surface area contributed by atoms with E-state index in [9.17, 15) is 0 Å². The average molecular weight is 183 g/mol. The van der Waals surface area contributed by atoms with Crippen molar-refractivity contribution >= 4 is 6.08 Å². The van der Waals surface area contributed by atoms with Crippen LogP contribution in [-0.4, -0.2) is 0 Å². The minimum absolute atomic E-state index is 0.0888. The van der Waals surface area contributed by atoms with Crippen molar-refractivity contribution < 1.29 is 0 Å². The first-order valence-electron chi connectivity index (χ1n) is 4.11. The molecule has 0 saturated heterocycles. The lowest BCUT2D eigenvalue weighted by Gasteiger charge is -2.01. The molecule has 1 aromatic carbocycles. The fourth-order valence-corrected chi connectivity index (χ4v) is 1.11. The molecule has 0 atom stereocenters. The predicted molar refractivity (Wildman–Crippen MR) is 53.5 cm³/mol. The molecular formula is C11H9N3. The van der Waals surface area contributed by atoms with Crippen molar-refractivity contribution in [2.24, 2.45) is 5.73 Å². The maximum atomic E-state index is 8.58. The predicted octanol–water partition coefficient (Wildman–Crippen LogP) is 1.58. The summed E-state index contributed by atoms with van der Waals surface area (Å²) < 4.78 is 0. The number of nitriles is 2. The molecule has 0 heterocycles. The summed E-state index contributed by atoms with van der Waals surface area (Å²) in [6.45, 7) is 0.400. The van der Waals surface area contributed by atoms with Crippen LogP contribution in [0.3, 0.4) is 0 Å². The van der Waals surface area contributed by atoms with Gasteiger partial charge in [0.05, 0.1) is 0 Å². The number of hydrogen-bond acceptors (Lipinski definition) is 3. The number of nitrogens with two attached hydrogens (primary N) is 1. The molecule has 3 nitrogen and oxygen atoms in total. The third kappa shape index (κ3) is 2.20. The molecule has 1 rings (SSSR count). The summed E-state index contributed by atoms with van der Waals surface area (Å²) in [4.78, 5) is 0. The van der Waals surface area contributed by atoms with Crippen LogP contribution in [0.2, 0.25) is 0 Å². The van der Waals surface area contributed by atoms with Crippen LogP contribution >= 0.6 is 0 Å². The lowest BCUT2D eigenvalue weighted by Crippen LogP contribution is -1.98. The van der Waals surface area contributed by atoms with E-state index < -0.39 is 0 Å². The highest BCUT2D eigenvalue weighted by Crippen LogP contribution is 2.11. The number of rotatable bonds is 2. The Balaban J connectivity index is 3.16. The van der Waals surface area contributed by atoms with Gasteiger partial charge in [-0.3, -0.25) is 0 Å². The molecule has 0 aliphatic carbocycles. The number of hydrogen-bond donors (Lipinski definition) is 1. The Morgan fingerprint density at radius 3 is 2.50 bits per heavy atom. The largest absolute Gasteiger partial charge is 0.326 e. The van der Waals surface area contributed by atoms with E-state index in [-0.39, 0.29) is 5.57 Å². The molecule has 3 heteroatoms. The van der Waals surface area contributed by atoms with Gasteiger partial charge in [-0.2, -0.15) is 10.5 Å². The van der Waals surface area contributed by atoms with Crippen LogP contribution in [-0.2, 0) is 6.54 Å². The van der Waals surface area contributed by atoms with Crippen molar-refractivity contribution in [2.45, 2.75) is 6.54 Å². The number of allylic oxidation sites excluding steroid dienone is 1. The van der Waals surface area contributed by atoms with Crippen molar-refractivity contribution in [3.8, 4) is 12.1 Å². The van der Waals surface area contributed by atoms with Gasteiger partial charge in [-0.1, -0.05) is 24.3 Å². The molecule has 68 valence electrons. The molecule has 0 aromatic heterocycles. The van der Waals surface area contributed by atoms with E-state index in [2.05, 4.69) is 0 Å². The first kappa shape index (κ1) is 9.98. The van der Waals surface area contributed by atoms with Gasteiger partial charge >= 0.3 is 0 Å². The van der Waals surface area contributed by atoms with Crippen LogP contribution in [0.25, 0.3) is 6.08 Å². The van der Waals surface area contributed by atoms with Gasteiger partial charge in [0.15, 0.2) is 0 Å². The standard InChI is InChI=1S/C11H9N3/c12-6-9(7-13)5-10-3-1-2-4-11(10)8-14/h1-5H,8,14H2. The second kappa shape index (κ2) is 4.81. The van der Waals surface area contributed by atoms with E-state index in [0.29, 0.717) is 6.54 Å². The van der Waals surface area contributed by atoms with Crippen molar-refractivity contribution in [1.82, 2.24) is 0 Å². The quantitative estimate of drug-likeness (QED) is 0.707. The molecule has 0 fully saturated rings. The van der Waals surface area contributed by atoms with Crippen LogP contribution < -0.4 is 5.73 Å². The van der Waals surface area contributed by atoms with Gasteiger partial charge in [0.1, 0.15) is 17.7 Å². The molecule has 1 aromatic rings. The van der Waals surface area contributed by atoms with Gasteiger partial charge in [-0.05, 0) is 17.2 Å². The first-order valence-corrected chi connectivity index (χ1v) is 4.11. The molecule has 0 aliphatic heterocycles. The second-order valence-electron chi connectivity index (χ2n) is 2.68. The zero-order chi connectivity index (χ0) is 10.4. The maximum absolute atomic E-state index is 8.58. The summed E-state index contributed by atoms with van der Waals surface area (Å²) in [5.41, 5.74) is 7.36. The Labute approximate surface area is 82.7 Å². The van der Waals surface area contributed by atoms with Crippen molar-refractivity contribution in [3.05, 3.63) is 41.0 Å². The fraction of sp³-hybridized carbons (Fsp3) is 0.0909. The maximum Gasteiger partial charge on any atom is 0.130 e. The molecule has 0 aliphatic rings. The van der Waals surface area contributed by atoms with E-state index in [1.807, 2.05) is 36.4 Å². The molecule has 0 saturated carbocycles. The van der Waals surface area contributed by atoms with Crippen LogP contribution in [0.5, 0.6) is 0 Å². The Bertz CT molecular complexity index is 417. The van der Waals surface area contributed by atoms with Gasteiger partial charge in [0, 0.05) is 6.54 Å². The highest BCUT2D eigenvalue weighted by Gasteiger charge is 1.98. The Hall–Kier alpha value is -2.10. The van der Waals surface area contributed by atoms with Crippen molar-refractivity contribution in [1.29, 1.82) is 10.5 Å². The van der Waals surface area contributed by atoms with Crippen LogP contribution in [0, 0.1) is 22.7 Å². The lowest BCUT2D eigenvalue weighted by atomic mass is 10.1. The smallest absolute Gasteiger partial charge is 0.130 e. The molecular weight excluding hydrogens is 174 g/mol. The summed E-state index contributed by atoms with van der Waals surface area (Å²) in [5, 5.41) is 17.2. The zero-order valence-corrected chi connectivity index (χ0v) is 7.57. The van der Waals surface area contributed by atoms with E-state index >= 15 is 0 Å². The highest BCUT2D eigenvalue weighted by molar-refractivity contribution is 5.64. The minimum Gasteiger partial charge on any atom is -0.326 e. The van der Waals surface area contributed by atoms with E-state index in [1.54, 1.807) is 6.08 Å².